The summed E-state index contributed by atoms with van der Waals surface area (Å²) < 4.78 is 11.2. The smallest absolute Gasteiger partial charge is 0.161 e. The maximum absolute atomic E-state index is 5.74. The van der Waals surface area contributed by atoms with Gasteiger partial charge in [-0.1, -0.05) is 6.07 Å². The van der Waals surface area contributed by atoms with Gasteiger partial charge in [-0.15, -0.1) is 11.6 Å². The molecule has 0 aromatic heterocycles. The summed E-state index contributed by atoms with van der Waals surface area (Å²) in [4.78, 5) is 2.03. The normalized spacial score (nSPS) is 14.9. The standard InChI is InChI=1S/C12H16ClNO2/c1-14(9-13)8-10-3-4-11-12(7-10)16-6-2-5-15-11/h3-4,7H,2,5-6,8-9H2,1H3. The van der Waals surface area contributed by atoms with Crippen LogP contribution < -0.4 is 9.47 Å². The van der Waals surface area contributed by atoms with Crippen LogP contribution in [0.2, 0.25) is 0 Å². The van der Waals surface area contributed by atoms with Crippen LogP contribution in [0, 0.1) is 0 Å². The maximum atomic E-state index is 5.74. The highest BCUT2D eigenvalue weighted by Gasteiger charge is 2.11. The van der Waals surface area contributed by atoms with E-state index in [0.29, 0.717) is 6.00 Å². The van der Waals surface area contributed by atoms with Crippen LogP contribution in [-0.2, 0) is 6.54 Å². The lowest BCUT2D eigenvalue weighted by Crippen LogP contribution is -2.15. The van der Waals surface area contributed by atoms with Gasteiger partial charge in [0, 0.05) is 13.0 Å². The summed E-state index contributed by atoms with van der Waals surface area (Å²) in [5, 5.41) is 0. The largest absolute Gasteiger partial charge is 0.490 e. The lowest BCUT2D eigenvalue weighted by atomic mass is 10.2. The number of hydrogen-bond donors (Lipinski definition) is 0. The predicted octanol–water partition coefficient (Wildman–Crippen LogP) is 2.48. The SMILES string of the molecule is CN(CCl)Cc1ccc2c(c1)OCCCO2. The molecule has 0 saturated carbocycles. The average Bonchev–Trinajstić information content (AvgIpc) is 2.53. The summed E-state index contributed by atoms with van der Waals surface area (Å²) in [7, 11) is 1.98. The van der Waals surface area contributed by atoms with E-state index < -0.39 is 0 Å². The van der Waals surface area contributed by atoms with E-state index in [9.17, 15) is 0 Å². The van der Waals surface area contributed by atoms with E-state index in [1.807, 2.05) is 24.1 Å². The van der Waals surface area contributed by atoms with Crippen molar-refractivity contribution < 1.29 is 9.47 Å². The zero-order valence-electron chi connectivity index (χ0n) is 9.41. The molecule has 16 heavy (non-hydrogen) atoms. The average molecular weight is 242 g/mol. The van der Waals surface area contributed by atoms with Gasteiger partial charge in [-0.2, -0.15) is 0 Å². The molecular weight excluding hydrogens is 226 g/mol. The van der Waals surface area contributed by atoms with Crippen LogP contribution in [0.25, 0.3) is 0 Å². The Labute approximate surface area is 101 Å². The number of nitrogens with zero attached hydrogens (tertiary/aromatic N) is 1. The molecule has 0 radical (unpaired) electrons. The van der Waals surface area contributed by atoms with Gasteiger partial charge < -0.3 is 9.47 Å². The van der Waals surface area contributed by atoms with Gasteiger partial charge in [-0.05, 0) is 24.7 Å². The van der Waals surface area contributed by atoms with Crippen molar-refractivity contribution in [2.45, 2.75) is 13.0 Å². The first-order valence-corrected chi connectivity index (χ1v) is 5.96. The fraction of sp³-hybridized carbons (Fsp3) is 0.500. The Bertz CT molecular complexity index is 357. The zero-order valence-corrected chi connectivity index (χ0v) is 10.2. The number of fused-ring (bicyclic) bond motifs is 1. The van der Waals surface area contributed by atoms with Gasteiger partial charge in [-0.3, -0.25) is 4.90 Å². The first-order chi connectivity index (χ1) is 7.79. The van der Waals surface area contributed by atoms with Crippen molar-refractivity contribution >= 4 is 11.6 Å². The Morgan fingerprint density at radius 2 is 2.00 bits per heavy atom. The molecule has 0 fully saturated rings. The van der Waals surface area contributed by atoms with E-state index >= 15 is 0 Å². The fourth-order valence-corrected chi connectivity index (χ4v) is 1.74. The first-order valence-electron chi connectivity index (χ1n) is 5.42. The van der Waals surface area contributed by atoms with Gasteiger partial charge in [-0.25, -0.2) is 0 Å². The van der Waals surface area contributed by atoms with Crippen LogP contribution in [0.15, 0.2) is 18.2 Å². The highest BCUT2D eigenvalue weighted by atomic mass is 35.5. The fourth-order valence-electron chi connectivity index (χ4n) is 1.66. The first kappa shape index (κ1) is 11.6. The van der Waals surface area contributed by atoms with E-state index in [1.165, 1.54) is 5.56 Å². The molecule has 1 aliphatic heterocycles. The molecule has 0 N–H and O–H groups in total. The van der Waals surface area contributed by atoms with E-state index in [4.69, 9.17) is 21.1 Å². The highest BCUT2D eigenvalue weighted by Crippen LogP contribution is 2.30. The third-order valence-corrected chi connectivity index (χ3v) is 2.88. The Hall–Kier alpha value is -0.930. The summed E-state index contributed by atoms with van der Waals surface area (Å²) in [6.45, 7) is 2.27. The van der Waals surface area contributed by atoms with Crippen LogP contribution in [0.3, 0.4) is 0 Å². The summed E-state index contributed by atoms with van der Waals surface area (Å²) in [5.74, 6) is 1.69. The van der Waals surface area contributed by atoms with Crippen molar-refractivity contribution in [2.75, 3.05) is 26.3 Å². The molecule has 1 aromatic carbocycles. The molecule has 0 aliphatic carbocycles. The minimum absolute atomic E-state index is 0.522. The quantitative estimate of drug-likeness (QED) is 0.600. The van der Waals surface area contributed by atoms with Crippen molar-refractivity contribution in [2.24, 2.45) is 0 Å². The minimum atomic E-state index is 0.522. The van der Waals surface area contributed by atoms with Gasteiger partial charge >= 0.3 is 0 Å². The Balaban J connectivity index is 2.14. The zero-order chi connectivity index (χ0) is 11.4. The Morgan fingerprint density at radius 1 is 1.25 bits per heavy atom. The molecular formula is C12H16ClNO2. The second kappa shape index (κ2) is 5.41. The molecule has 0 atom stereocenters. The number of hydrogen-bond acceptors (Lipinski definition) is 3. The number of halogens is 1. The number of alkyl halides is 1. The second-order valence-electron chi connectivity index (χ2n) is 3.97. The Morgan fingerprint density at radius 3 is 2.75 bits per heavy atom. The van der Waals surface area contributed by atoms with Crippen LogP contribution in [-0.4, -0.2) is 31.2 Å². The number of ether oxygens (including phenoxy) is 2. The van der Waals surface area contributed by atoms with Gasteiger partial charge in [0.05, 0.1) is 19.2 Å². The van der Waals surface area contributed by atoms with Crippen LogP contribution in [0.1, 0.15) is 12.0 Å². The number of benzene rings is 1. The molecule has 1 heterocycles. The van der Waals surface area contributed by atoms with Crippen molar-refractivity contribution in [3.8, 4) is 11.5 Å². The molecule has 3 nitrogen and oxygen atoms in total. The van der Waals surface area contributed by atoms with Gasteiger partial charge in [0.2, 0.25) is 0 Å². The minimum Gasteiger partial charge on any atom is -0.490 e. The maximum Gasteiger partial charge on any atom is 0.161 e. The molecule has 1 aromatic rings. The van der Waals surface area contributed by atoms with Crippen molar-refractivity contribution in [1.29, 1.82) is 0 Å². The molecule has 4 heteroatoms. The molecule has 0 unspecified atom stereocenters. The molecule has 2 rings (SSSR count). The summed E-state index contributed by atoms with van der Waals surface area (Å²) in [6.07, 6.45) is 0.936. The third-order valence-electron chi connectivity index (χ3n) is 2.47. The molecule has 1 aliphatic rings. The highest BCUT2D eigenvalue weighted by molar-refractivity contribution is 6.17. The van der Waals surface area contributed by atoms with Gasteiger partial charge in [0.1, 0.15) is 0 Å². The second-order valence-corrected chi connectivity index (χ2v) is 4.20. The van der Waals surface area contributed by atoms with Gasteiger partial charge in [0.15, 0.2) is 11.5 Å². The molecule has 88 valence electrons. The van der Waals surface area contributed by atoms with Crippen molar-refractivity contribution in [3.63, 3.8) is 0 Å². The van der Waals surface area contributed by atoms with E-state index in [2.05, 4.69) is 6.07 Å². The van der Waals surface area contributed by atoms with Crippen molar-refractivity contribution in [1.82, 2.24) is 4.90 Å². The molecule has 0 amide bonds. The molecule has 0 spiro atoms. The van der Waals surface area contributed by atoms with Gasteiger partial charge in [0.25, 0.3) is 0 Å². The lowest BCUT2D eigenvalue weighted by molar-refractivity contribution is 0.296. The molecule has 0 bridgehead atoms. The Kier molecular flexibility index (Phi) is 3.91. The lowest BCUT2D eigenvalue weighted by Gasteiger charge is -2.14. The summed E-state index contributed by atoms with van der Waals surface area (Å²) in [6, 6.07) is 6.58. The topological polar surface area (TPSA) is 21.7 Å². The van der Waals surface area contributed by atoms with Crippen LogP contribution in [0.4, 0.5) is 0 Å². The third kappa shape index (κ3) is 2.80. The van der Waals surface area contributed by atoms with E-state index in [-0.39, 0.29) is 0 Å². The van der Waals surface area contributed by atoms with Crippen LogP contribution >= 0.6 is 11.6 Å². The number of rotatable bonds is 3. The summed E-state index contributed by atoms with van der Waals surface area (Å²) in [5.41, 5.74) is 1.19. The van der Waals surface area contributed by atoms with E-state index in [1.54, 1.807) is 0 Å². The molecule has 0 saturated heterocycles. The van der Waals surface area contributed by atoms with E-state index in [0.717, 1.165) is 37.7 Å². The predicted molar refractivity (Wildman–Crippen MR) is 64.2 cm³/mol. The van der Waals surface area contributed by atoms with Crippen LogP contribution in [0.5, 0.6) is 11.5 Å². The monoisotopic (exact) mass is 241 g/mol. The van der Waals surface area contributed by atoms with Crippen molar-refractivity contribution in [3.05, 3.63) is 23.8 Å². The summed E-state index contributed by atoms with van der Waals surface area (Å²) >= 11 is 5.74.